The molecular weight excluding hydrogens is 437 g/mol. The first kappa shape index (κ1) is 24.0. The number of hydrogen-bond donors (Lipinski definition) is 2. The van der Waals surface area contributed by atoms with Crippen LogP contribution in [0.25, 0.3) is 0 Å². The summed E-state index contributed by atoms with van der Waals surface area (Å²) in [6, 6.07) is 13.6. The van der Waals surface area contributed by atoms with E-state index in [1.807, 2.05) is 18.2 Å². The smallest absolute Gasteiger partial charge is 0.410 e. The third kappa shape index (κ3) is 5.33. The van der Waals surface area contributed by atoms with E-state index in [0.29, 0.717) is 13.1 Å². The number of nitrogens with one attached hydrogen (secondary N) is 1. The summed E-state index contributed by atoms with van der Waals surface area (Å²) in [6.07, 6.45) is -0.494. The summed E-state index contributed by atoms with van der Waals surface area (Å²) in [6.45, 7) is 6.61. The number of rotatable bonds is 3. The van der Waals surface area contributed by atoms with Crippen molar-refractivity contribution in [2.24, 2.45) is 5.92 Å². The molecule has 182 valence electrons. The number of nitrogens with zero attached hydrogens (tertiary/aromatic N) is 2. The summed E-state index contributed by atoms with van der Waals surface area (Å²) >= 11 is 0. The molecule has 2 aromatic rings. The Morgan fingerprint density at radius 3 is 2.53 bits per heavy atom. The number of ether oxygens (including phenoxy) is 1. The number of carbonyl (C=O) groups is 2. The Kier molecular flexibility index (Phi) is 6.79. The third-order valence-corrected chi connectivity index (χ3v) is 6.30. The molecule has 1 saturated heterocycles. The van der Waals surface area contributed by atoms with Gasteiger partial charge in [-0.15, -0.1) is 0 Å². The Morgan fingerprint density at radius 1 is 1.12 bits per heavy atom. The third-order valence-electron chi connectivity index (χ3n) is 6.30. The molecule has 2 aliphatic heterocycles. The number of urea groups is 1. The van der Waals surface area contributed by atoms with Gasteiger partial charge in [0.05, 0.1) is 18.7 Å². The molecule has 0 radical (unpaired) electrons. The quantitative estimate of drug-likeness (QED) is 0.718. The maximum atomic E-state index is 13.6. The van der Waals surface area contributed by atoms with Gasteiger partial charge in [-0.25, -0.2) is 14.0 Å². The lowest BCUT2D eigenvalue weighted by molar-refractivity contribution is 0.0269. The van der Waals surface area contributed by atoms with E-state index in [9.17, 15) is 19.1 Å². The average Bonchev–Trinajstić information content (AvgIpc) is 3.17. The molecule has 0 bridgehead atoms. The molecule has 2 N–H and O–H groups in total. The minimum absolute atomic E-state index is 0.171. The highest BCUT2D eigenvalue weighted by molar-refractivity contribution is 5.76. The summed E-state index contributed by atoms with van der Waals surface area (Å²) in [5, 5.41) is 13.4. The molecule has 3 atom stereocenters. The van der Waals surface area contributed by atoms with Crippen molar-refractivity contribution in [2.45, 2.75) is 44.9 Å². The van der Waals surface area contributed by atoms with Gasteiger partial charge in [-0.1, -0.05) is 36.4 Å². The van der Waals surface area contributed by atoms with Crippen LogP contribution in [0.5, 0.6) is 0 Å². The Hall–Kier alpha value is -3.13. The van der Waals surface area contributed by atoms with Crippen LogP contribution in [0.4, 0.5) is 14.0 Å². The van der Waals surface area contributed by atoms with Crippen LogP contribution >= 0.6 is 0 Å². The van der Waals surface area contributed by atoms with Gasteiger partial charge in [0.15, 0.2) is 0 Å². The van der Waals surface area contributed by atoms with Gasteiger partial charge in [-0.3, -0.25) is 0 Å². The molecular formula is C26H32FN3O4. The van der Waals surface area contributed by atoms with Crippen molar-refractivity contribution in [1.82, 2.24) is 15.1 Å². The number of fused-ring (bicyclic) bond motifs is 1. The normalized spacial score (nSPS) is 22.3. The predicted octanol–water partition coefficient (Wildman–Crippen LogP) is 3.71. The highest BCUT2D eigenvalue weighted by atomic mass is 19.1. The number of halogens is 1. The van der Waals surface area contributed by atoms with E-state index in [1.54, 1.807) is 37.8 Å². The standard InChI is InChI=1S/C26H32FN3O4/c1-26(2,3)34-25(33)29-15-19(22(31)16-29)14-28-24(32)30-13-12-17-6-4-5-7-21(17)23(30)18-8-10-20(27)11-9-18/h4-11,19,22-23,31H,12-16H2,1-3H3,(H,28,32)/t19?,22?,23-/m0/s1. The van der Waals surface area contributed by atoms with E-state index in [1.165, 1.54) is 22.6 Å². The average molecular weight is 470 g/mol. The fourth-order valence-electron chi connectivity index (χ4n) is 4.64. The number of carbonyl (C=O) groups excluding carboxylic acids is 2. The highest BCUT2D eigenvalue weighted by Gasteiger charge is 2.37. The predicted molar refractivity (Wildman–Crippen MR) is 126 cm³/mol. The van der Waals surface area contributed by atoms with E-state index in [4.69, 9.17) is 4.74 Å². The number of likely N-dealkylation sites (tertiary alicyclic amines) is 1. The maximum Gasteiger partial charge on any atom is 0.410 e. The van der Waals surface area contributed by atoms with Gasteiger partial charge in [0.1, 0.15) is 11.4 Å². The SMILES string of the molecule is CC(C)(C)OC(=O)N1CC(O)C(CNC(=O)N2CCc3ccccc3[C@@H]2c2ccc(F)cc2)C1. The zero-order valence-corrected chi connectivity index (χ0v) is 19.8. The number of hydrogen-bond acceptors (Lipinski definition) is 4. The summed E-state index contributed by atoms with van der Waals surface area (Å²) < 4.78 is 19.0. The summed E-state index contributed by atoms with van der Waals surface area (Å²) in [5.74, 6) is -0.619. The van der Waals surface area contributed by atoms with Crippen molar-refractivity contribution in [2.75, 3.05) is 26.2 Å². The minimum atomic E-state index is -0.747. The Bertz CT molecular complexity index is 1040. The fourth-order valence-corrected chi connectivity index (χ4v) is 4.64. The first-order valence-electron chi connectivity index (χ1n) is 11.7. The van der Waals surface area contributed by atoms with Crippen LogP contribution < -0.4 is 5.32 Å². The number of aliphatic hydroxyl groups excluding tert-OH is 1. The molecule has 3 amide bonds. The zero-order chi connectivity index (χ0) is 24.5. The van der Waals surface area contributed by atoms with Crippen molar-refractivity contribution < 1.29 is 23.8 Å². The topological polar surface area (TPSA) is 82.1 Å². The van der Waals surface area contributed by atoms with Crippen LogP contribution in [-0.4, -0.2) is 64.9 Å². The van der Waals surface area contributed by atoms with Crippen molar-refractivity contribution in [1.29, 1.82) is 0 Å². The first-order chi connectivity index (χ1) is 16.1. The number of β-amino-alcohol motifs (C(OH)–C–C–N with tert-alkyl or cyclic N) is 1. The molecule has 1 fully saturated rings. The highest BCUT2D eigenvalue weighted by Crippen LogP contribution is 2.35. The molecule has 8 heteroatoms. The van der Waals surface area contributed by atoms with Crippen LogP contribution in [0.1, 0.15) is 43.5 Å². The number of amides is 3. The molecule has 0 saturated carbocycles. The van der Waals surface area contributed by atoms with Crippen LogP contribution in [0.3, 0.4) is 0 Å². The van der Waals surface area contributed by atoms with E-state index in [-0.39, 0.29) is 36.9 Å². The van der Waals surface area contributed by atoms with Gasteiger partial charge in [0, 0.05) is 25.6 Å². The van der Waals surface area contributed by atoms with E-state index < -0.39 is 17.8 Å². The lowest BCUT2D eigenvalue weighted by Crippen LogP contribution is -2.48. The van der Waals surface area contributed by atoms with Crippen molar-refractivity contribution in [3.63, 3.8) is 0 Å². The second-order valence-corrected chi connectivity index (χ2v) is 10.00. The summed E-state index contributed by atoms with van der Waals surface area (Å²) in [4.78, 5) is 28.9. The first-order valence-corrected chi connectivity index (χ1v) is 11.7. The molecule has 2 unspecified atom stereocenters. The van der Waals surface area contributed by atoms with Crippen molar-refractivity contribution >= 4 is 12.1 Å². The molecule has 2 heterocycles. The van der Waals surface area contributed by atoms with E-state index >= 15 is 0 Å². The molecule has 0 aliphatic carbocycles. The Morgan fingerprint density at radius 2 is 1.82 bits per heavy atom. The lowest BCUT2D eigenvalue weighted by atomic mass is 9.88. The molecule has 0 spiro atoms. The second kappa shape index (κ2) is 9.62. The molecule has 2 aliphatic rings. The summed E-state index contributed by atoms with van der Waals surface area (Å²) in [5.41, 5.74) is 2.40. The number of benzene rings is 2. The van der Waals surface area contributed by atoms with Crippen LogP contribution in [0.15, 0.2) is 48.5 Å². The molecule has 2 aromatic carbocycles. The van der Waals surface area contributed by atoms with Gasteiger partial charge in [-0.2, -0.15) is 0 Å². The molecule has 7 nitrogen and oxygen atoms in total. The van der Waals surface area contributed by atoms with Gasteiger partial charge in [0.25, 0.3) is 0 Å². The summed E-state index contributed by atoms with van der Waals surface area (Å²) in [7, 11) is 0. The van der Waals surface area contributed by atoms with Crippen LogP contribution in [-0.2, 0) is 11.2 Å². The fraction of sp³-hybridized carbons (Fsp3) is 0.462. The lowest BCUT2D eigenvalue weighted by Gasteiger charge is -2.38. The Labute approximate surface area is 199 Å². The Balaban J connectivity index is 1.45. The van der Waals surface area contributed by atoms with Gasteiger partial charge >= 0.3 is 12.1 Å². The van der Waals surface area contributed by atoms with Crippen LogP contribution in [0.2, 0.25) is 0 Å². The van der Waals surface area contributed by atoms with E-state index in [2.05, 4.69) is 11.4 Å². The van der Waals surface area contributed by atoms with Crippen molar-refractivity contribution in [3.8, 4) is 0 Å². The maximum absolute atomic E-state index is 13.6. The largest absolute Gasteiger partial charge is 0.444 e. The minimum Gasteiger partial charge on any atom is -0.444 e. The van der Waals surface area contributed by atoms with Crippen LogP contribution in [0, 0.1) is 11.7 Å². The zero-order valence-electron chi connectivity index (χ0n) is 19.8. The molecule has 34 heavy (non-hydrogen) atoms. The monoisotopic (exact) mass is 469 g/mol. The van der Waals surface area contributed by atoms with Gasteiger partial charge < -0.3 is 25.0 Å². The second-order valence-electron chi connectivity index (χ2n) is 10.00. The molecule has 0 aromatic heterocycles. The number of aliphatic hydroxyl groups is 1. The van der Waals surface area contributed by atoms with Gasteiger partial charge in [-0.05, 0) is 56.0 Å². The van der Waals surface area contributed by atoms with Gasteiger partial charge in [0.2, 0.25) is 0 Å². The van der Waals surface area contributed by atoms with Crippen molar-refractivity contribution in [3.05, 3.63) is 71.0 Å². The molecule has 4 rings (SSSR count). The van der Waals surface area contributed by atoms with E-state index in [0.717, 1.165) is 17.5 Å².